The SMILES string of the molecule is NC(=O)c1cc(Cl)ccc1OCc1ccc(Br)cc1F. The van der Waals surface area contributed by atoms with Gasteiger partial charge in [-0.3, -0.25) is 4.79 Å². The van der Waals surface area contributed by atoms with E-state index in [0.717, 1.165) is 0 Å². The van der Waals surface area contributed by atoms with Gasteiger partial charge in [0.1, 0.15) is 18.2 Å². The predicted octanol–water partition coefficient (Wildman–Crippen LogP) is 3.92. The molecule has 0 bridgehead atoms. The van der Waals surface area contributed by atoms with Crippen LogP contribution in [0.2, 0.25) is 5.02 Å². The van der Waals surface area contributed by atoms with E-state index in [0.29, 0.717) is 15.1 Å². The summed E-state index contributed by atoms with van der Waals surface area (Å²) in [6, 6.07) is 9.16. The number of carbonyl (C=O) groups is 1. The van der Waals surface area contributed by atoms with Gasteiger partial charge in [-0.1, -0.05) is 33.6 Å². The number of carbonyl (C=O) groups excluding carboxylic acids is 1. The molecule has 0 saturated carbocycles. The molecule has 0 fully saturated rings. The predicted molar refractivity (Wildman–Crippen MR) is 78.4 cm³/mol. The molecule has 0 aromatic heterocycles. The molecule has 0 heterocycles. The molecular formula is C14H10BrClFNO2. The van der Waals surface area contributed by atoms with Crippen molar-refractivity contribution in [2.45, 2.75) is 6.61 Å². The standard InChI is InChI=1S/C14H10BrClFNO2/c15-9-2-1-8(12(17)5-9)7-20-13-4-3-10(16)6-11(13)14(18)19/h1-6H,7H2,(H2,18,19). The first-order valence-corrected chi connectivity index (χ1v) is 6.80. The molecule has 2 rings (SSSR count). The van der Waals surface area contributed by atoms with Gasteiger partial charge in [0.15, 0.2) is 0 Å². The summed E-state index contributed by atoms with van der Waals surface area (Å²) < 4.78 is 19.7. The van der Waals surface area contributed by atoms with Crippen molar-refractivity contribution in [3.8, 4) is 5.75 Å². The number of halogens is 3. The van der Waals surface area contributed by atoms with E-state index in [2.05, 4.69) is 15.9 Å². The average molecular weight is 359 g/mol. The molecule has 0 aliphatic carbocycles. The van der Waals surface area contributed by atoms with Crippen LogP contribution in [0.3, 0.4) is 0 Å². The smallest absolute Gasteiger partial charge is 0.252 e. The van der Waals surface area contributed by atoms with Crippen molar-refractivity contribution < 1.29 is 13.9 Å². The fourth-order valence-electron chi connectivity index (χ4n) is 1.61. The van der Waals surface area contributed by atoms with E-state index in [4.69, 9.17) is 22.1 Å². The zero-order chi connectivity index (χ0) is 14.7. The first-order valence-electron chi connectivity index (χ1n) is 5.63. The highest BCUT2D eigenvalue weighted by Crippen LogP contribution is 2.24. The lowest BCUT2D eigenvalue weighted by Crippen LogP contribution is -2.13. The lowest BCUT2D eigenvalue weighted by atomic mass is 10.2. The summed E-state index contributed by atoms with van der Waals surface area (Å²) in [5.74, 6) is -0.781. The molecule has 1 amide bonds. The fraction of sp³-hybridized carbons (Fsp3) is 0.0714. The maximum atomic E-state index is 13.7. The van der Waals surface area contributed by atoms with Crippen LogP contribution in [0.15, 0.2) is 40.9 Å². The van der Waals surface area contributed by atoms with Crippen molar-refractivity contribution in [3.05, 3.63) is 62.8 Å². The van der Waals surface area contributed by atoms with Crippen LogP contribution in [-0.4, -0.2) is 5.91 Å². The Labute approximate surface area is 128 Å². The number of ether oxygens (including phenoxy) is 1. The number of amides is 1. The molecule has 0 aliphatic rings. The Morgan fingerprint density at radius 3 is 2.70 bits per heavy atom. The Balaban J connectivity index is 2.20. The second-order valence-electron chi connectivity index (χ2n) is 4.03. The molecule has 20 heavy (non-hydrogen) atoms. The van der Waals surface area contributed by atoms with Crippen LogP contribution < -0.4 is 10.5 Å². The summed E-state index contributed by atoms with van der Waals surface area (Å²) in [5, 5.41) is 0.376. The third kappa shape index (κ3) is 3.49. The molecule has 0 radical (unpaired) electrons. The highest BCUT2D eigenvalue weighted by atomic mass is 79.9. The van der Waals surface area contributed by atoms with Crippen LogP contribution in [0.25, 0.3) is 0 Å². The largest absolute Gasteiger partial charge is 0.488 e. The second-order valence-corrected chi connectivity index (χ2v) is 5.38. The summed E-state index contributed by atoms with van der Waals surface area (Å²) in [7, 11) is 0. The minimum Gasteiger partial charge on any atom is -0.488 e. The van der Waals surface area contributed by atoms with Crippen LogP contribution in [0, 0.1) is 5.82 Å². The van der Waals surface area contributed by atoms with Gasteiger partial charge in [0.05, 0.1) is 5.56 Å². The van der Waals surface area contributed by atoms with E-state index in [-0.39, 0.29) is 17.9 Å². The zero-order valence-electron chi connectivity index (χ0n) is 10.2. The van der Waals surface area contributed by atoms with Crippen LogP contribution in [0.4, 0.5) is 4.39 Å². The fourth-order valence-corrected chi connectivity index (χ4v) is 2.12. The summed E-state index contributed by atoms with van der Waals surface area (Å²) in [6.07, 6.45) is 0. The van der Waals surface area contributed by atoms with Gasteiger partial charge in [0.25, 0.3) is 5.91 Å². The first kappa shape index (κ1) is 14.8. The highest BCUT2D eigenvalue weighted by Gasteiger charge is 2.11. The van der Waals surface area contributed by atoms with Crippen molar-refractivity contribution in [2.24, 2.45) is 5.73 Å². The topological polar surface area (TPSA) is 52.3 Å². The van der Waals surface area contributed by atoms with E-state index < -0.39 is 11.7 Å². The lowest BCUT2D eigenvalue weighted by molar-refractivity contribution is 0.0996. The highest BCUT2D eigenvalue weighted by molar-refractivity contribution is 9.10. The molecule has 0 aliphatic heterocycles. The van der Waals surface area contributed by atoms with Gasteiger partial charge < -0.3 is 10.5 Å². The van der Waals surface area contributed by atoms with Gasteiger partial charge in [-0.25, -0.2) is 4.39 Å². The van der Waals surface area contributed by atoms with Crippen LogP contribution >= 0.6 is 27.5 Å². The summed E-state index contributed by atoms with van der Waals surface area (Å²) in [5.41, 5.74) is 5.78. The number of primary amides is 1. The van der Waals surface area contributed by atoms with E-state index in [1.165, 1.54) is 18.2 Å². The van der Waals surface area contributed by atoms with Gasteiger partial charge >= 0.3 is 0 Å². The average Bonchev–Trinajstić information content (AvgIpc) is 2.38. The van der Waals surface area contributed by atoms with E-state index in [9.17, 15) is 9.18 Å². The Bertz CT molecular complexity index is 664. The van der Waals surface area contributed by atoms with Crippen molar-refractivity contribution in [1.29, 1.82) is 0 Å². The number of benzene rings is 2. The third-order valence-corrected chi connectivity index (χ3v) is 3.33. The van der Waals surface area contributed by atoms with E-state index in [1.54, 1.807) is 18.2 Å². The molecule has 0 spiro atoms. The molecule has 2 aromatic rings. The van der Waals surface area contributed by atoms with Crippen molar-refractivity contribution in [3.63, 3.8) is 0 Å². The molecule has 0 atom stereocenters. The lowest BCUT2D eigenvalue weighted by Gasteiger charge is -2.10. The maximum absolute atomic E-state index is 13.7. The van der Waals surface area contributed by atoms with Gasteiger partial charge in [-0.2, -0.15) is 0 Å². The summed E-state index contributed by atoms with van der Waals surface area (Å²) >= 11 is 8.97. The molecule has 2 N–H and O–H groups in total. The Hall–Kier alpha value is -1.59. The first-order chi connectivity index (χ1) is 9.47. The van der Waals surface area contributed by atoms with E-state index in [1.807, 2.05) is 0 Å². The van der Waals surface area contributed by atoms with Gasteiger partial charge in [-0.05, 0) is 30.3 Å². The van der Waals surface area contributed by atoms with Crippen molar-refractivity contribution in [1.82, 2.24) is 0 Å². The second kappa shape index (κ2) is 6.24. The van der Waals surface area contributed by atoms with Gasteiger partial charge in [0, 0.05) is 15.1 Å². The molecule has 6 heteroatoms. The summed E-state index contributed by atoms with van der Waals surface area (Å²) in [6.45, 7) is -0.0129. The van der Waals surface area contributed by atoms with Crippen LogP contribution in [0.5, 0.6) is 5.75 Å². The third-order valence-electron chi connectivity index (χ3n) is 2.61. The molecule has 0 unspecified atom stereocenters. The quantitative estimate of drug-likeness (QED) is 0.900. The summed E-state index contributed by atoms with van der Waals surface area (Å²) in [4.78, 5) is 11.3. The number of rotatable bonds is 4. The minimum absolute atomic E-state index is 0.0129. The van der Waals surface area contributed by atoms with Gasteiger partial charge in [0.2, 0.25) is 0 Å². The van der Waals surface area contributed by atoms with Crippen LogP contribution in [-0.2, 0) is 6.61 Å². The molecule has 0 saturated heterocycles. The number of hydrogen-bond donors (Lipinski definition) is 1. The van der Waals surface area contributed by atoms with Crippen molar-refractivity contribution in [2.75, 3.05) is 0 Å². The molecule has 104 valence electrons. The minimum atomic E-state index is -0.654. The van der Waals surface area contributed by atoms with Gasteiger partial charge in [-0.15, -0.1) is 0 Å². The Kier molecular flexibility index (Phi) is 4.62. The number of hydrogen-bond acceptors (Lipinski definition) is 2. The monoisotopic (exact) mass is 357 g/mol. The Morgan fingerprint density at radius 2 is 2.05 bits per heavy atom. The number of nitrogens with two attached hydrogens (primary N) is 1. The normalized spacial score (nSPS) is 10.3. The molecule has 3 nitrogen and oxygen atoms in total. The van der Waals surface area contributed by atoms with Crippen LogP contribution in [0.1, 0.15) is 15.9 Å². The van der Waals surface area contributed by atoms with E-state index >= 15 is 0 Å². The zero-order valence-corrected chi connectivity index (χ0v) is 12.5. The Morgan fingerprint density at radius 1 is 1.30 bits per heavy atom. The maximum Gasteiger partial charge on any atom is 0.252 e. The van der Waals surface area contributed by atoms with Crippen molar-refractivity contribution >= 4 is 33.4 Å². The molecular weight excluding hydrogens is 349 g/mol. The molecule has 2 aromatic carbocycles.